The Bertz CT molecular complexity index is 136. The number of hydrogen-bond donors (Lipinski definition) is 2. The summed E-state index contributed by atoms with van der Waals surface area (Å²) in [5.74, 6) is 0. The van der Waals surface area contributed by atoms with Crippen molar-refractivity contribution >= 4 is 29.2 Å². The van der Waals surface area contributed by atoms with Gasteiger partial charge in [-0.05, 0) is 25.7 Å². The summed E-state index contributed by atoms with van der Waals surface area (Å²) in [6.45, 7) is 5.86. The van der Waals surface area contributed by atoms with Crippen LogP contribution in [0.15, 0.2) is 0 Å². The molecule has 0 radical (unpaired) electrons. The molecule has 0 aromatic carbocycles. The lowest BCUT2D eigenvalue weighted by atomic mass is 10.2. The van der Waals surface area contributed by atoms with Crippen LogP contribution in [0.1, 0.15) is 45.4 Å². The van der Waals surface area contributed by atoms with Gasteiger partial charge in [0.15, 0.2) is 0 Å². The molecule has 0 aromatic heterocycles. The van der Waals surface area contributed by atoms with Crippen LogP contribution in [0.4, 0.5) is 0 Å². The highest BCUT2D eigenvalue weighted by molar-refractivity contribution is 8.00. The van der Waals surface area contributed by atoms with Gasteiger partial charge in [0.2, 0.25) is 0 Å². The Balaban J connectivity index is 0.000000280. The Morgan fingerprint density at radius 2 is 1.93 bits per heavy atom. The number of piperidine rings is 1. The smallest absolute Gasteiger partial charge is 0.0755 e. The number of nitrogens with two attached hydrogens (primary N) is 1. The molecule has 0 saturated carbocycles. The van der Waals surface area contributed by atoms with Crippen LogP contribution >= 0.6 is 12.2 Å². The lowest BCUT2D eigenvalue weighted by Gasteiger charge is -2.07. The normalized spacial score (nSPS) is 15.0. The molecule has 0 atom stereocenters. The van der Waals surface area contributed by atoms with Crippen molar-refractivity contribution < 1.29 is 5.32 Å². The fourth-order valence-electron chi connectivity index (χ4n) is 1.46. The van der Waals surface area contributed by atoms with Crippen molar-refractivity contribution in [3.8, 4) is 0 Å². The Labute approximate surface area is 105 Å². The maximum Gasteiger partial charge on any atom is 0.0755 e. The molecule has 1 heterocycles. The first-order valence-electron chi connectivity index (χ1n) is 6.04. The molecule has 0 aliphatic carbocycles. The molecule has 90 valence electrons. The molecule has 4 heteroatoms. The molecular weight excluding hydrogens is 224 g/mol. The molecule has 1 fully saturated rings. The zero-order valence-electron chi connectivity index (χ0n) is 9.76. The third-order valence-corrected chi connectivity index (χ3v) is 2.65. The molecule has 15 heavy (non-hydrogen) atoms. The van der Waals surface area contributed by atoms with Crippen LogP contribution in [0.2, 0.25) is 0 Å². The second-order valence-electron chi connectivity index (χ2n) is 3.85. The molecule has 2 nitrogen and oxygen atoms in total. The molecule has 0 spiro atoms. The summed E-state index contributed by atoms with van der Waals surface area (Å²) in [6, 6.07) is 0. The van der Waals surface area contributed by atoms with Gasteiger partial charge in [-0.1, -0.05) is 24.1 Å². The molecule has 0 amide bonds. The van der Waals surface area contributed by atoms with E-state index in [4.69, 9.17) is 0 Å². The number of unbranched alkanes of at least 4 members (excludes halogenated alkanes) is 2. The van der Waals surface area contributed by atoms with E-state index in [1.165, 1.54) is 51.6 Å². The quantitative estimate of drug-likeness (QED) is 0.447. The Kier molecular flexibility index (Phi) is 12.2. The summed E-state index contributed by atoms with van der Waals surface area (Å²) in [5, 5.41) is 5.32. The Morgan fingerprint density at radius 1 is 1.27 bits per heavy atom. The van der Waals surface area contributed by atoms with Crippen molar-refractivity contribution in [2.75, 3.05) is 19.6 Å². The molecule has 1 saturated heterocycles. The highest BCUT2D eigenvalue weighted by atomic mass is 32.1. The van der Waals surface area contributed by atoms with E-state index in [0.717, 1.165) is 6.54 Å². The highest BCUT2D eigenvalue weighted by Crippen LogP contribution is 1.91. The lowest BCUT2D eigenvalue weighted by molar-refractivity contribution is -0.662. The minimum atomic E-state index is 0.492. The first-order valence-corrected chi connectivity index (χ1v) is 6.85. The van der Waals surface area contributed by atoms with E-state index in [1.807, 2.05) is 0 Å². The minimum absolute atomic E-state index is 0.492. The predicted molar refractivity (Wildman–Crippen MR) is 73.0 cm³/mol. The average Bonchev–Trinajstić information content (AvgIpc) is 2.28. The van der Waals surface area contributed by atoms with Gasteiger partial charge in [0, 0.05) is 6.54 Å². The Hall–Kier alpha value is 0.0700. The van der Waals surface area contributed by atoms with Crippen LogP contribution < -0.4 is 10.6 Å². The summed E-state index contributed by atoms with van der Waals surface area (Å²) >= 11 is 9.30. The van der Waals surface area contributed by atoms with Crippen molar-refractivity contribution in [1.29, 1.82) is 0 Å². The van der Waals surface area contributed by atoms with E-state index in [9.17, 15) is 0 Å². The summed E-state index contributed by atoms with van der Waals surface area (Å²) in [5.41, 5.74) is 0. The lowest BCUT2D eigenvalue weighted by Crippen LogP contribution is -2.85. The molecule has 3 N–H and O–H groups in total. The van der Waals surface area contributed by atoms with Gasteiger partial charge in [0.05, 0.1) is 13.1 Å². The van der Waals surface area contributed by atoms with Gasteiger partial charge in [0.1, 0.15) is 0 Å². The predicted octanol–water partition coefficient (Wildman–Crippen LogP) is 1.33. The van der Waals surface area contributed by atoms with Gasteiger partial charge in [-0.2, -0.15) is 0 Å². The van der Waals surface area contributed by atoms with Crippen molar-refractivity contribution in [1.82, 2.24) is 5.32 Å². The number of rotatable bonds is 4. The number of quaternary nitrogens is 1. The average molecular weight is 248 g/mol. The van der Waals surface area contributed by atoms with Gasteiger partial charge in [0.25, 0.3) is 0 Å². The number of thiocarbonyl (C=S) groups is 1. The maximum atomic E-state index is 4.65. The molecule has 0 unspecified atom stereocenters. The standard InChI is InChI=1S/C6H13NS2.C5H11N/c1-2-3-4-5-7-6(8)9;1-2-4-6-5-3-1/h2-5H2,1H3,(H2,7,8,9);6H,1-5H2. The van der Waals surface area contributed by atoms with E-state index < -0.39 is 0 Å². The molecule has 1 rings (SSSR count). The van der Waals surface area contributed by atoms with Crippen molar-refractivity contribution in [3.63, 3.8) is 0 Å². The van der Waals surface area contributed by atoms with Gasteiger partial charge in [-0.25, -0.2) is 0 Å². The molecular formula is C11H24N2S2. The van der Waals surface area contributed by atoms with Crippen LogP contribution in [-0.2, 0) is 12.6 Å². The molecule has 1 aliphatic rings. The summed E-state index contributed by atoms with van der Waals surface area (Å²) in [4.78, 5) is 0. The zero-order valence-corrected chi connectivity index (χ0v) is 11.4. The second kappa shape index (κ2) is 12.1. The van der Waals surface area contributed by atoms with E-state index in [0.29, 0.717) is 4.32 Å². The van der Waals surface area contributed by atoms with Crippen LogP contribution in [0.25, 0.3) is 0 Å². The first-order chi connectivity index (χ1) is 7.27. The first kappa shape index (κ1) is 15.1. The van der Waals surface area contributed by atoms with Crippen molar-refractivity contribution in [2.24, 2.45) is 0 Å². The van der Waals surface area contributed by atoms with Gasteiger partial charge in [-0.3, -0.25) is 0 Å². The van der Waals surface area contributed by atoms with Crippen LogP contribution in [-0.4, -0.2) is 24.0 Å². The van der Waals surface area contributed by atoms with E-state index in [1.54, 1.807) is 0 Å². The maximum absolute atomic E-state index is 4.65. The van der Waals surface area contributed by atoms with E-state index >= 15 is 0 Å². The fraction of sp³-hybridized carbons (Fsp3) is 0.909. The molecule has 1 aliphatic heterocycles. The van der Waals surface area contributed by atoms with Gasteiger partial charge >= 0.3 is 0 Å². The summed E-state index contributed by atoms with van der Waals surface area (Å²) < 4.78 is 0.492. The third kappa shape index (κ3) is 14.1. The van der Waals surface area contributed by atoms with Crippen molar-refractivity contribution in [3.05, 3.63) is 0 Å². The molecule has 0 aromatic rings. The third-order valence-electron chi connectivity index (χ3n) is 2.37. The highest BCUT2D eigenvalue weighted by Gasteiger charge is 1.97. The number of nitrogens with one attached hydrogen (secondary N) is 1. The largest absolute Gasteiger partial charge is 0.412 e. The van der Waals surface area contributed by atoms with Crippen LogP contribution in [0.5, 0.6) is 0 Å². The Morgan fingerprint density at radius 3 is 2.27 bits per heavy atom. The van der Waals surface area contributed by atoms with Crippen LogP contribution in [0, 0.1) is 0 Å². The zero-order chi connectivity index (χ0) is 11.4. The van der Waals surface area contributed by atoms with E-state index in [-0.39, 0.29) is 0 Å². The second-order valence-corrected chi connectivity index (χ2v) is 4.92. The monoisotopic (exact) mass is 248 g/mol. The topological polar surface area (TPSA) is 28.6 Å². The summed E-state index contributed by atoms with van der Waals surface area (Å²) in [7, 11) is 0. The molecule has 0 bridgehead atoms. The van der Waals surface area contributed by atoms with Crippen molar-refractivity contribution in [2.45, 2.75) is 45.4 Å². The fourth-order valence-corrected chi connectivity index (χ4v) is 1.67. The summed E-state index contributed by atoms with van der Waals surface area (Å²) in [6.07, 6.45) is 8.03. The van der Waals surface area contributed by atoms with Gasteiger partial charge in [-0.15, -0.1) is 0 Å². The van der Waals surface area contributed by atoms with E-state index in [2.05, 4.69) is 42.4 Å². The minimum Gasteiger partial charge on any atom is -0.412 e. The van der Waals surface area contributed by atoms with Crippen LogP contribution in [0.3, 0.4) is 0 Å². The SMILES string of the molecule is C1CC[NH2+]CC1.CCCCCNC(=S)[S-]. The van der Waals surface area contributed by atoms with Gasteiger partial charge < -0.3 is 35.5 Å². The number of hydrogen-bond acceptors (Lipinski definition) is 2.